The predicted molar refractivity (Wildman–Crippen MR) is 66.4 cm³/mol. The highest BCUT2D eigenvalue weighted by molar-refractivity contribution is 8.16. The van der Waals surface area contributed by atoms with Crippen molar-refractivity contribution >= 4 is 46.0 Å². The van der Waals surface area contributed by atoms with Gasteiger partial charge in [0.15, 0.2) is 0 Å². The Kier molecular flexibility index (Phi) is 3.15. The van der Waals surface area contributed by atoms with E-state index in [1.807, 2.05) is 30.3 Å². The average molecular weight is 276 g/mol. The maximum atomic E-state index is 11.0. The molecule has 1 aromatic carbocycles. The maximum Gasteiger partial charge on any atom is 0.349 e. The molecular formula is C10H7Cl2NO2S. The Hall–Kier alpha value is -0.710. The lowest BCUT2D eigenvalue weighted by Crippen LogP contribution is -2.35. The molecule has 2 atom stereocenters. The van der Waals surface area contributed by atoms with Crippen LogP contribution in [0.2, 0.25) is 0 Å². The van der Waals surface area contributed by atoms with E-state index in [1.54, 1.807) is 0 Å². The Morgan fingerprint density at radius 3 is 2.56 bits per heavy atom. The van der Waals surface area contributed by atoms with E-state index < -0.39 is 15.7 Å². The number of alkyl halides is 2. The minimum Gasteiger partial charge on any atom is -0.478 e. The summed E-state index contributed by atoms with van der Waals surface area (Å²) in [5.41, 5.74) is 0.821. The molecule has 1 aromatic rings. The zero-order valence-electron chi connectivity index (χ0n) is 7.93. The van der Waals surface area contributed by atoms with Crippen LogP contribution in [0.4, 0.5) is 0 Å². The van der Waals surface area contributed by atoms with Crippen LogP contribution in [0.15, 0.2) is 35.3 Å². The van der Waals surface area contributed by atoms with E-state index >= 15 is 0 Å². The SMILES string of the molecule is O=C(O)C1(Cl)N=C(c2ccccc2)SC1Cl. The van der Waals surface area contributed by atoms with Crippen LogP contribution in [0.3, 0.4) is 0 Å². The number of halogens is 2. The highest BCUT2D eigenvalue weighted by atomic mass is 35.5. The third-order valence-electron chi connectivity index (χ3n) is 2.10. The summed E-state index contributed by atoms with van der Waals surface area (Å²) in [6.45, 7) is 0. The van der Waals surface area contributed by atoms with Gasteiger partial charge in [-0.3, -0.25) is 0 Å². The molecule has 16 heavy (non-hydrogen) atoms. The van der Waals surface area contributed by atoms with E-state index in [-0.39, 0.29) is 0 Å². The summed E-state index contributed by atoms with van der Waals surface area (Å²) >= 11 is 12.9. The minimum atomic E-state index is -1.77. The third kappa shape index (κ3) is 1.93. The van der Waals surface area contributed by atoms with Crippen molar-refractivity contribution in [1.29, 1.82) is 0 Å². The van der Waals surface area contributed by atoms with E-state index in [4.69, 9.17) is 28.3 Å². The van der Waals surface area contributed by atoms with E-state index in [9.17, 15) is 4.79 Å². The molecule has 0 saturated heterocycles. The molecule has 0 amide bonds. The number of aliphatic carboxylic acids is 1. The van der Waals surface area contributed by atoms with Crippen LogP contribution >= 0.6 is 35.0 Å². The van der Waals surface area contributed by atoms with Gasteiger partial charge in [0.25, 0.3) is 5.00 Å². The Labute approximate surface area is 106 Å². The van der Waals surface area contributed by atoms with Gasteiger partial charge in [-0.15, -0.1) is 11.6 Å². The second-order valence-corrected chi connectivity index (χ2v) is 5.56. The molecule has 0 radical (unpaired) electrons. The molecule has 1 aliphatic heterocycles. The summed E-state index contributed by atoms with van der Waals surface area (Å²) in [5.74, 6) is -1.23. The number of carbonyl (C=O) groups is 1. The Morgan fingerprint density at radius 2 is 2.06 bits per heavy atom. The molecule has 0 fully saturated rings. The van der Waals surface area contributed by atoms with Gasteiger partial charge in [0.1, 0.15) is 9.75 Å². The van der Waals surface area contributed by atoms with Crippen LogP contribution in [0.5, 0.6) is 0 Å². The fourth-order valence-corrected chi connectivity index (χ4v) is 2.90. The lowest BCUT2D eigenvalue weighted by molar-refractivity contribution is -0.139. The highest BCUT2D eigenvalue weighted by Crippen LogP contribution is 2.43. The maximum absolute atomic E-state index is 11.0. The van der Waals surface area contributed by atoms with Crippen LogP contribution in [-0.2, 0) is 4.79 Å². The van der Waals surface area contributed by atoms with Gasteiger partial charge in [-0.25, -0.2) is 9.79 Å². The number of aliphatic imine (C=N–C) groups is 1. The van der Waals surface area contributed by atoms with Crippen molar-refractivity contribution in [2.45, 2.75) is 9.71 Å². The molecule has 0 spiro atoms. The van der Waals surface area contributed by atoms with Gasteiger partial charge in [0, 0.05) is 5.56 Å². The molecule has 3 nitrogen and oxygen atoms in total. The topological polar surface area (TPSA) is 49.7 Å². The first kappa shape index (κ1) is 11.8. The van der Waals surface area contributed by atoms with Crippen LogP contribution in [-0.4, -0.2) is 25.8 Å². The summed E-state index contributed by atoms with van der Waals surface area (Å²) in [4.78, 5) is 13.2. The van der Waals surface area contributed by atoms with E-state index in [0.717, 1.165) is 17.3 Å². The minimum absolute atomic E-state index is 0.554. The summed E-state index contributed by atoms with van der Waals surface area (Å²) < 4.78 is -0.804. The lowest BCUT2D eigenvalue weighted by atomic mass is 10.2. The van der Waals surface area contributed by atoms with Crippen molar-refractivity contribution in [2.75, 3.05) is 0 Å². The Balaban J connectivity index is 2.37. The zero-order chi connectivity index (χ0) is 11.8. The molecule has 84 valence electrons. The number of benzene rings is 1. The molecule has 0 aliphatic carbocycles. The largest absolute Gasteiger partial charge is 0.478 e. The predicted octanol–water partition coefficient (Wildman–Crippen LogP) is 2.76. The highest BCUT2D eigenvalue weighted by Gasteiger charge is 2.49. The fraction of sp³-hybridized carbons (Fsp3) is 0.200. The zero-order valence-corrected chi connectivity index (χ0v) is 10.3. The lowest BCUT2D eigenvalue weighted by Gasteiger charge is -2.14. The van der Waals surface area contributed by atoms with Gasteiger partial charge in [0.2, 0.25) is 0 Å². The number of nitrogens with zero attached hydrogens (tertiary/aromatic N) is 1. The standard InChI is InChI=1S/C10H7Cl2NO2S/c11-8-10(12,9(14)15)13-7(16-8)6-4-2-1-3-5-6/h1-5,8H,(H,14,15). The molecule has 1 aliphatic rings. The van der Waals surface area contributed by atoms with Gasteiger partial charge >= 0.3 is 5.97 Å². The molecule has 1 N–H and O–H groups in total. The molecule has 0 bridgehead atoms. The number of hydrogen-bond donors (Lipinski definition) is 1. The summed E-state index contributed by atoms with van der Waals surface area (Å²) in [6.07, 6.45) is 0. The summed E-state index contributed by atoms with van der Waals surface area (Å²) in [5, 5.41) is 9.52. The first-order chi connectivity index (χ1) is 7.54. The van der Waals surface area contributed by atoms with Crippen molar-refractivity contribution in [3.8, 4) is 0 Å². The molecule has 6 heteroatoms. The number of carboxylic acids is 1. The number of thioether (sulfide) groups is 1. The molecule has 2 rings (SSSR count). The summed E-state index contributed by atoms with van der Waals surface area (Å²) in [6, 6.07) is 9.22. The Bertz CT molecular complexity index is 451. The van der Waals surface area contributed by atoms with Crippen molar-refractivity contribution in [3.05, 3.63) is 35.9 Å². The van der Waals surface area contributed by atoms with Crippen LogP contribution in [0, 0.1) is 0 Å². The second-order valence-electron chi connectivity index (χ2n) is 3.20. The monoisotopic (exact) mass is 275 g/mol. The van der Waals surface area contributed by atoms with Crippen molar-refractivity contribution in [1.82, 2.24) is 0 Å². The van der Waals surface area contributed by atoms with E-state index in [0.29, 0.717) is 5.04 Å². The number of hydrogen-bond acceptors (Lipinski definition) is 3. The summed E-state index contributed by atoms with van der Waals surface area (Å²) in [7, 11) is 0. The molecular weight excluding hydrogens is 269 g/mol. The molecule has 0 saturated carbocycles. The molecule has 2 unspecified atom stereocenters. The fourth-order valence-electron chi connectivity index (χ4n) is 1.26. The van der Waals surface area contributed by atoms with Gasteiger partial charge in [-0.1, -0.05) is 53.7 Å². The van der Waals surface area contributed by atoms with Crippen LogP contribution < -0.4 is 0 Å². The van der Waals surface area contributed by atoms with Crippen molar-refractivity contribution in [2.24, 2.45) is 4.99 Å². The van der Waals surface area contributed by atoms with Crippen LogP contribution in [0.25, 0.3) is 0 Å². The molecule has 0 aromatic heterocycles. The van der Waals surface area contributed by atoms with Crippen LogP contribution in [0.1, 0.15) is 5.56 Å². The third-order valence-corrected chi connectivity index (χ3v) is 4.49. The quantitative estimate of drug-likeness (QED) is 0.667. The van der Waals surface area contributed by atoms with Gasteiger partial charge in [-0.05, 0) is 0 Å². The van der Waals surface area contributed by atoms with Crippen molar-refractivity contribution in [3.63, 3.8) is 0 Å². The Morgan fingerprint density at radius 1 is 1.44 bits per heavy atom. The first-order valence-corrected chi connectivity index (χ1v) is 6.12. The van der Waals surface area contributed by atoms with E-state index in [2.05, 4.69) is 4.99 Å². The smallest absolute Gasteiger partial charge is 0.349 e. The van der Waals surface area contributed by atoms with E-state index in [1.165, 1.54) is 0 Å². The average Bonchev–Trinajstić information content (AvgIpc) is 2.58. The normalized spacial score (nSPS) is 28.9. The first-order valence-electron chi connectivity index (χ1n) is 4.42. The molecule has 1 heterocycles. The number of rotatable bonds is 2. The van der Waals surface area contributed by atoms with Gasteiger partial charge < -0.3 is 5.11 Å². The number of carboxylic acid groups (broad SMARTS) is 1. The second kappa shape index (κ2) is 4.28. The van der Waals surface area contributed by atoms with Crippen molar-refractivity contribution < 1.29 is 9.90 Å². The van der Waals surface area contributed by atoms with Gasteiger partial charge in [0.05, 0.1) is 0 Å². The van der Waals surface area contributed by atoms with Gasteiger partial charge in [-0.2, -0.15) is 0 Å².